The van der Waals surface area contributed by atoms with E-state index in [0.29, 0.717) is 34.6 Å². The summed E-state index contributed by atoms with van der Waals surface area (Å²) in [6.45, 7) is 1.28. The highest BCUT2D eigenvalue weighted by Gasteiger charge is 2.12. The number of pyridine rings is 1. The molecule has 0 radical (unpaired) electrons. The van der Waals surface area contributed by atoms with E-state index < -0.39 is 0 Å². The molecule has 0 saturated heterocycles. The van der Waals surface area contributed by atoms with Crippen molar-refractivity contribution in [2.45, 2.75) is 0 Å². The first-order valence-corrected chi connectivity index (χ1v) is 8.70. The number of hydrogen-bond donors (Lipinski definition) is 2. The second-order valence-electron chi connectivity index (χ2n) is 6.48. The van der Waals surface area contributed by atoms with Gasteiger partial charge in [0.15, 0.2) is 5.82 Å². The van der Waals surface area contributed by atoms with E-state index in [4.69, 9.17) is 5.26 Å². The minimum Gasteiger partial charge on any atom is -0.351 e. The van der Waals surface area contributed by atoms with Crippen LogP contribution < -0.4 is 10.9 Å². The Bertz CT molecular complexity index is 1060. The van der Waals surface area contributed by atoms with Crippen LogP contribution in [0.15, 0.2) is 53.6 Å². The average Bonchev–Trinajstić information content (AvgIpc) is 3.09. The van der Waals surface area contributed by atoms with Gasteiger partial charge in [-0.2, -0.15) is 5.26 Å². The molecule has 0 fully saturated rings. The van der Waals surface area contributed by atoms with Crippen LogP contribution in [0.2, 0.25) is 0 Å². The number of hydrogen-bond acceptors (Lipinski definition) is 5. The lowest BCUT2D eigenvalue weighted by Crippen LogP contribution is -2.31. The Hall–Kier alpha value is -3.70. The summed E-state index contributed by atoms with van der Waals surface area (Å²) < 4.78 is 1.31. The lowest BCUT2D eigenvalue weighted by molar-refractivity contribution is 0.0950. The molecule has 0 unspecified atom stereocenters. The van der Waals surface area contributed by atoms with Gasteiger partial charge in [-0.25, -0.2) is 9.67 Å². The van der Waals surface area contributed by atoms with Crippen molar-refractivity contribution < 1.29 is 4.79 Å². The first-order valence-electron chi connectivity index (χ1n) is 8.70. The van der Waals surface area contributed by atoms with Crippen molar-refractivity contribution in [2.24, 2.45) is 0 Å². The summed E-state index contributed by atoms with van der Waals surface area (Å²) in [7, 11) is 3.87. The molecule has 8 heteroatoms. The number of carbonyl (C=O) groups is 1. The van der Waals surface area contributed by atoms with E-state index in [9.17, 15) is 9.59 Å². The number of nitrogens with zero attached hydrogens (tertiary/aromatic N) is 4. The van der Waals surface area contributed by atoms with Gasteiger partial charge in [0, 0.05) is 25.5 Å². The summed E-state index contributed by atoms with van der Waals surface area (Å²) >= 11 is 0. The van der Waals surface area contributed by atoms with E-state index in [2.05, 4.69) is 15.4 Å². The standard InChI is InChI=1S/C20H20N6O2/c1-25(2)10-9-22-19(27)16-7-8-18(23-12-16)26-20(28)17(13-24-26)15-5-3-14(11-21)4-6-15/h3-8,12-13,24H,9-10H2,1-2H3,(H,22,27). The van der Waals surface area contributed by atoms with Crippen molar-refractivity contribution in [3.05, 3.63) is 70.3 Å². The Morgan fingerprint density at radius 2 is 2.00 bits per heavy atom. The molecule has 8 nitrogen and oxygen atoms in total. The van der Waals surface area contributed by atoms with Gasteiger partial charge in [-0.05, 0) is 43.9 Å². The van der Waals surface area contributed by atoms with E-state index in [0.717, 1.165) is 6.54 Å². The van der Waals surface area contributed by atoms with E-state index in [1.54, 1.807) is 42.6 Å². The van der Waals surface area contributed by atoms with E-state index >= 15 is 0 Å². The normalized spacial score (nSPS) is 10.6. The maximum absolute atomic E-state index is 12.7. The number of rotatable bonds is 6. The van der Waals surface area contributed by atoms with Gasteiger partial charge in [0.1, 0.15) is 0 Å². The maximum Gasteiger partial charge on any atom is 0.280 e. The summed E-state index contributed by atoms with van der Waals surface area (Å²) in [6, 6.07) is 12.1. The third-order valence-corrected chi connectivity index (χ3v) is 4.18. The third kappa shape index (κ3) is 4.16. The predicted octanol–water partition coefficient (Wildman–Crippen LogP) is 1.39. The highest BCUT2D eigenvalue weighted by atomic mass is 16.1. The number of nitrogens with one attached hydrogen (secondary N) is 2. The molecule has 2 heterocycles. The number of nitriles is 1. The minimum atomic E-state index is -0.264. The van der Waals surface area contributed by atoms with Crippen LogP contribution in [0.3, 0.4) is 0 Å². The van der Waals surface area contributed by atoms with Gasteiger partial charge in [0.25, 0.3) is 11.5 Å². The second-order valence-corrected chi connectivity index (χ2v) is 6.48. The molecular formula is C20H20N6O2. The van der Waals surface area contributed by atoms with Crippen LogP contribution in [0.25, 0.3) is 16.9 Å². The summed E-state index contributed by atoms with van der Waals surface area (Å²) in [5.41, 5.74) is 1.86. The Labute approximate surface area is 162 Å². The van der Waals surface area contributed by atoms with Crippen LogP contribution in [0.4, 0.5) is 0 Å². The van der Waals surface area contributed by atoms with Crippen molar-refractivity contribution in [1.29, 1.82) is 5.26 Å². The van der Waals surface area contributed by atoms with E-state index in [1.165, 1.54) is 10.9 Å². The average molecular weight is 376 g/mol. The van der Waals surface area contributed by atoms with Gasteiger partial charge in [-0.1, -0.05) is 12.1 Å². The van der Waals surface area contributed by atoms with E-state index in [-0.39, 0.29) is 11.5 Å². The van der Waals surface area contributed by atoms with Crippen LogP contribution >= 0.6 is 0 Å². The molecule has 0 bridgehead atoms. The van der Waals surface area contributed by atoms with Gasteiger partial charge in [-0.15, -0.1) is 0 Å². The number of likely N-dealkylation sites (N-methyl/N-ethyl adjacent to an activating group) is 1. The Balaban J connectivity index is 1.77. The number of aromatic nitrogens is 3. The molecule has 3 rings (SSSR count). The molecule has 0 spiro atoms. The van der Waals surface area contributed by atoms with Gasteiger partial charge in [0.2, 0.25) is 0 Å². The molecule has 142 valence electrons. The molecule has 1 amide bonds. The molecule has 28 heavy (non-hydrogen) atoms. The van der Waals surface area contributed by atoms with Gasteiger partial charge in [0.05, 0.1) is 22.8 Å². The summed E-state index contributed by atoms with van der Waals surface area (Å²) in [5, 5.41) is 14.6. The Kier molecular flexibility index (Phi) is 5.67. The van der Waals surface area contributed by atoms with Crippen molar-refractivity contribution in [3.8, 4) is 23.0 Å². The van der Waals surface area contributed by atoms with Crippen molar-refractivity contribution in [3.63, 3.8) is 0 Å². The summed E-state index contributed by atoms with van der Waals surface area (Å²) in [6.07, 6.45) is 3.03. The summed E-state index contributed by atoms with van der Waals surface area (Å²) in [5.74, 6) is 0.174. The number of aromatic amines is 1. The molecule has 0 aliphatic heterocycles. The maximum atomic E-state index is 12.7. The summed E-state index contributed by atoms with van der Waals surface area (Å²) in [4.78, 5) is 31.0. The van der Waals surface area contributed by atoms with Gasteiger partial charge in [-0.3, -0.25) is 14.7 Å². The highest BCUT2D eigenvalue weighted by molar-refractivity contribution is 5.93. The lowest BCUT2D eigenvalue weighted by atomic mass is 10.1. The largest absolute Gasteiger partial charge is 0.351 e. The lowest BCUT2D eigenvalue weighted by Gasteiger charge is -2.10. The van der Waals surface area contributed by atoms with Crippen LogP contribution in [-0.2, 0) is 0 Å². The number of carbonyl (C=O) groups excluding carboxylic acids is 1. The van der Waals surface area contributed by atoms with Crippen molar-refractivity contribution in [1.82, 2.24) is 25.0 Å². The van der Waals surface area contributed by atoms with Crippen LogP contribution in [-0.4, -0.2) is 52.8 Å². The van der Waals surface area contributed by atoms with Gasteiger partial charge < -0.3 is 10.2 Å². The molecule has 2 N–H and O–H groups in total. The minimum absolute atomic E-state index is 0.210. The zero-order valence-electron chi connectivity index (χ0n) is 15.6. The molecule has 0 aliphatic carbocycles. The SMILES string of the molecule is CN(C)CCNC(=O)c1ccc(-n2[nH]cc(-c3ccc(C#N)cc3)c2=O)nc1. The predicted molar refractivity (Wildman–Crippen MR) is 105 cm³/mol. The Morgan fingerprint density at radius 1 is 1.25 bits per heavy atom. The molecule has 3 aromatic rings. The molecule has 0 saturated carbocycles. The monoisotopic (exact) mass is 376 g/mol. The molecule has 1 aromatic carbocycles. The van der Waals surface area contributed by atoms with Crippen LogP contribution in [0.5, 0.6) is 0 Å². The molecule has 2 aromatic heterocycles. The van der Waals surface area contributed by atoms with Crippen molar-refractivity contribution in [2.75, 3.05) is 27.2 Å². The number of amides is 1. The topological polar surface area (TPSA) is 107 Å². The zero-order chi connectivity index (χ0) is 20.1. The van der Waals surface area contributed by atoms with Crippen molar-refractivity contribution >= 4 is 5.91 Å². The number of H-pyrrole nitrogens is 1. The van der Waals surface area contributed by atoms with E-state index in [1.807, 2.05) is 25.1 Å². The zero-order valence-corrected chi connectivity index (χ0v) is 15.6. The molecular weight excluding hydrogens is 356 g/mol. The number of benzene rings is 1. The fraction of sp³-hybridized carbons (Fsp3) is 0.200. The quantitative estimate of drug-likeness (QED) is 0.676. The fourth-order valence-corrected chi connectivity index (χ4v) is 2.62. The van der Waals surface area contributed by atoms with Crippen LogP contribution in [0, 0.1) is 11.3 Å². The second kappa shape index (κ2) is 8.33. The molecule has 0 aliphatic rings. The first-order chi connectivity index (χ1) is 13.5. The first kappa shape index (κ1) is 19.1. The molecule has 0 atom stereocenters. The smallest absolute Gasteiger partial charge is 0.280 e. The van der Waals surface area contributed by atoms with Crippen LogP contribution in [0.1, 0.15) is 15.9 Å². The Morgan fingerprint density at radius 3 is 2.61 bits per heavy atom. The highest BCUT2D eigenvalue weighted by Crippen LogP contribution is 2.16. The van der Waals surface area contributed by atoms with Gasteiger partial charge >= 0.3 is 0 Å². The fourth-order valence-electron chi connectivity index (χ4n) is 2.62. The third-order valence-electron chi connectivity index (χ3n) is 4.18.